The van der Waals surface area contributed by atoms with Crippen LogP contribution in [0.1, 0.15) is 69.7 Å². The Morgan fingerprint density at radius 1 is 1.00 bits per heavy atom. The smallest absolute Gasteiger partial charge is 0.408 e. The Morgan fingerprint density at radius 3 is 2.16 bits per heavy atom. The number of ether oxygens (including phenoxy) is 2. The zero-order chi connectivity index (χ0) is 27.3. The summed E-state index contributed by atoms with van der Waals surface area (Å²) in [6.07, 6.45) is 1.89. The third kappa shape index (κ3) is 7.24. The first-order valence-electron chi connectivity index (χ1n) is 12.7. The number of nitrogens with one attached hydrogen (secondary N) is 2. The molecule has 1 fully saturated rings. The minimum atomic E-state index is -0.877. The highest BCUT2D eigenvalue weighted by Gasteiger charge is 2.41. The Morgan fingerprint density at radius 2 is 1.65 bits per heavy atom. The fourth-order valence-electron chi connectivity index (χ4n) is 4.21. The number of carbonyl (C=O) groups excluding carboxylic acids is 3. The van der Waals surface area contributed by atoms with E-state index in [1.54, 1.807) is 64.0 Å². The van der Waals surface area contributed by atoms with Crippen molar-refractivity contribution in [3.05, 3.63) is 59.2 Å². The summed E-state index contributed by atoms with van der Waals surface area (Å²) >= 11 is 0. The van der Waals surface area contributed by atoms with Gasteiger partial charge in [-0.05, 0) is 102 Å². The third-order valence-electron chi connectivity index (χ3n) is 6.56. The van der Waals surface area contributed by atoms with Crippen LogP contribution in [0.2, 0.25) is 0 Å². The maximum absolute atomic E-state index is 13.8. The van der Waals surface area contributed by atoms with Gasteiger partial charge in [0.05, 0.1) is 7.11 Å². The molecule has 0 bridgehead atoms. The first kappa shape index (κ1) is 28.0. The van der Waals surface area contributed by atoms with Gasteiger partial charge in [-0.3, -0.25) is 9.59 Å². The molecule has 0 radical (unpaired) electrons. The molecule has 2 N–H and O–H groups in total. The molecule has 2 unspecified atom stereocenters. The zero-order valence-electron chi connectivity index (χ0n) is 22.9. The predicted molar refractivity (Wildman–Crippen MR) is 144 cm³/mol. The third-order valence-corrected chi connectivity index (χ3v) is 6.56. The number of nitrogens with zero attached hydrogens (tertiary/aromatic N) is 1. The van der Waals surface area contributed by atoms with Gasteiger partial charge in [0.25, 0.3) is 5.91 Å². The van der Waals surface area contributed by atoms with Gasteiger partial charge in [-0.15, -0.1) is 0 Å². The molecule has 2 aromatic rings. The number of alkyl carbamates (subject to hydrolysis) is 1. The first-order valence-corrected chi connectivity index (χ1v) is 12.7. The molecule has 0 aliphatic heterocycles. The topological polar surface area (TPSA) is 97.0 Å². The molecule has 0 heterocycles. The van der Waals surface area contributed by atoms with E-state index in [1.807, 2.05) is 32.0 Å². The van der Waals surface area contributed by atoms with Gasteiger partial charge in [0.15, 0.2) is 0 Å². The molecular weight excluding hydrogens is 470 g/mol. The van der Waals surface area contributed by atoms with Crippen molar-refractivity contribution < 1.29 is 23.9 Å². The molecule has 1 aliphatic carbocycles. The maximum atomic E-state index is 13.8. The Labute approximate surface area is 219 Å². The SMILES string of the molecule is COc1ccc(NC(=O)C(c2ccc(C)c(C)c2)N(C(=O)C(C)NC(=O)OC(C)(C)C)C2CCC2)cc1. The number of hydrogen-bond donors (Lipinski definition) is 2. The number of rotatable bonds is 8. The molecule has 8 heteroatoms. The Bertz CT molecular complexity index is 1120. The van der Waals surface area contributed by atoms with Crippen molar-refractivity contribution in [1.29, 1.82) is 0 Å². The summed E-state index contributed by atoms with van der Waals surface area (Å²) in [5.74, 6) is 0.0267. The lowest BCUT2D eigenvalue weighted by Gasteiger charge is -2.43. The van der Waals surface area contributed by atoms with E-state index in [1.165, 1.54) is 0 Å². The van der Waals surface area contributed by atoms with Crippen LogP contribution in [0.25, 0.3) is 0 Å². The van der Waals surface area contributed by atoms with Crippen LogP contribution >= 0.6 is 0 Å². The minimum absolute atomic E-state index is 0.108. The first-order chi connectivity index (χ1) is 17.4. The molecule has 8 nitrogen and oxygen atoms in total. The summed E-state index contributed by atoms with van der Waals surface area (Å²) < 4.78 is 10.6. The van der Waals surface area contributed by atoms with Crippen molar-refractivity contribution in [1.82, 2.24) is 10.2 Å². The van der Waals surface area contributed by atoms with Crippen LogP contribution in [0.4, 0.5) is 10.5 Å². The minimum Gasteiger partial charge on any atom is -0.497 e. The number of amides is 3. The summed E-state index contributed by atoms with van der Waals surface area (Å²) in [5, 5.41) is 5.62. The van der Waals surface area contributed by atoms with Crippen molar-refractivity contribution in [3.63, 3.8) is 0 Å². The summed E-state index contributed by atoms with van der Waals surface area (Å²) in [6.45, 7) is 10.9. The number of hydrogen-bond acceptors (Lipinski definition) is 5. The number of anilines is 1. The molecule has 200 valence electrons. The standard InChI is InChI=1S/C29H39N3O5/c1-18-11-12-21(17-19(18)2)25(26(33)31-22-13-15-24(36-7)16-14-22)32(23-9-8-10-23)27(34)20(3)30-28(35)37-29(4,5)6/h11-17,20,23,25H,8-10H2,1-7H3,(H,30,35)(H,31,33). The van der Waals surface area contributed by atoms with E-state index in [4.69, 9.17) is 9.47 Å². The molecule has 3 rings (SSSR count). The van der Waals surface area contributed by atoms with Crippen LogP contribution in [0.15, 0.2) is 42.5 Å². The summed E-state index contributed by atoms with van der Waals surface area (Å²) in [7, 11) is 1.58. The molecule has 37 heavy (non-hydrogen) atoms. The number of carbonyl (C=O) groups is 3. The van der Waals surface area contributed by atoms with Crippen molar-refractivity contribution in [3.8, 4) is 5.75 Å². The van der Waals surface area contributed by atoms with Gasteiger partial charge in [-0.2, -0.15) is 0 Å². The van der Waals surface area contributed by atoms with E-state index in [2.05, 4.69) is 10.6 Å². The second kappa shape index (κ2) is 11.7. The molecule has 1 aliphatic rings. The summed E-state index contributed by atoms with van der Waals surface area (Å²) in [4.78, 5) is 41.7. The molecule has 0 spiro atoms. The molecule has 0 aromatic heterocycles. The van der Waals surface area contributed by atoms with Crippen LogP contribution < -0.4 is 15.4 Å². The lowest BCUT2D eigenvalue weighted by Crippen LogP contribution is -2.56. The highest BCUT2D eigenvalue weighted by Crippen LogP contribution is 2.35. The maximum Gasteiger partial charge on any atom is 0.408 e. The van der Waals surface area contributed by atoms with Crippen LogP contribution in [0.5, 0.6) is 5.75 Å². The molecule has 2 atom stereocenters. The van der Waals surface area contributed by atoms with Crippen molar-refractivity contribution in [2.24, 2.45) is 0 Å². The van der Waals surface area contributed by atoms with Gasteiger partial charge < -0.3 is 25.0 Å². The lowest BCUT2D eigenvalue weighted by atomic mass is 9.87. The van der Waals surface area contributed by atoms with Gasteiger partial charge >= 0.3 is 6.09 Å². The van der Waals surface area contributed by atoms with Crippen LogP contribution in [0.3, 0.4) is 0 Å². The van der Waals surface area contributed by atoms with Crippen molar-refractivity contribution in [2.45, 2.75) is 84.5 Å². The Kier molecular flexibility index (Phi) is 8.84. The summed E-state index contributed by atoms with van der Waals surface area (Å²) in [6, 6.07) is 11.0. The molecule has 1 saturated carbocycles. The van der Waals surface area contributed by atoms with Crippen LogP contribution in [-0.2, 0) is 14.3 Å². The predicted octanol–water partition coefficient (Wildman–Crippen LogP) is 5.29. The highest BCUT2D eigenvalue weighted by molar-refractivity contribution is 5.99. The van der Waals surface area contributed by atoms with Crippen LogP contribution in [-0.4, -0.2) is 47.6 Å². The fourth-order valence-corrected chi connectivity index (χ4v) is 4.21. The normalized spacial score (nSPS) is 15.1. The average molecular weight is 510 g/mol. The second-order valence-corrected chi connectivity index (χ2v) is 10.7. The molecule has 0 saturated heterocycles. The monoisotopic (exact) mass is 509 g/mol. The lowest BCUT2D eigenvalue weighted by molar-refractivity contribution is -0.145. The van der Waals surface area contributed by atoms with E-state index < -0.39 is 23.8 Å². The van der Waals surface area contributed by atoms with Gasteiger partial charge in [0, 0.05) is 11.7 Å². The van der Waals surface area contributed by atoms with E-state index in [0.717, 1.165) is 36.0 Å². The van der Waals surface area contributed by atoms with Gasteiger partial charge in [-0.25, -0.2) is 4.79 Å². The fraction of sp³-hybridized carbons (Fsp3) is 0.483. The van der Waals surface area contributed by atoms with E-state index >= 15 is 0 Å². The van der Waals surface area contributed by atoms with Crippen molar-refractivity contribution >= 4 is 23.6 Å². The number of methoxy groups -OCH3 is 1. The van der Waals surface area contributed by atoms with Gasteiger partial charge in [0.2, 0.25) is 5.91 Å². The largest absolute Gasteiger partial charge is 0.497 e. The molecular formula is C29H39N3O5. The number of benzene rings is 2. The van der Waals surface area contributed by atoms with E-state index in [-0.39, 0.29) is 17.9 Å². The highest BCUT2D eigenvalue weighted by atomic mass is 16.6. The van der Waals surface area contributed by atoms with E-state index in [0.29, 0.717) is 11.4 Å². The molecule has 3 amide bonds. The van der Waals surface area contributed by atoms with Gasteiger partial charge in [-0.1, -0.05) is 18.2 Å². The Hall–Kier alpha value is -3.55. The quantitative estimate of drug-likeness (QED) is 0.504. The number of aryl methyl sites for hydroxylation is 2. The Balaban J connectivity index is 1.95. The summed E-state index contributed by atoms with van der Waals surface area (Å²) in [5.41, 5.74) is 2.75. The zero-order valence-corrected chi connectivity index (χ0v) is 22.9. The van der Waals surface area contributed by atoms with Crippen molar-refractivity contribution in [2.75, 3.05) is 12.4 Å². The average Bonchev–Trinajstić information content (AvgIpc) is 2.78. The van der Waals surface area contributed by atoms with Gasteiger partial charge in [0.1, 0.15) is 23.4 Å². The van der Waals surface area contributed by atoms with E-state index in [9.17, 15) is 14.4 Å². The molecule has 2 aromatic carbocycles. The van der Waals surface area contributed by atoms with Crippen LogP contribution in [0, 0.1) is 13.8 Å². The second-order valence-electron chi connectivity index (χ2n) is 10.7.